The van der Waals surface area contributed by atoms with Gasteiger partial charge in [0.1, 0.15) is 5.60 Å². The highest BCUT2D eigenvalue weighted by molar-refractivity contribution is 5.68. The van der Waals surface area contributed by atoms with Gasteiger partial charge >= 0.3 is 6.09 Å². The van der Waals surface area contributed by atoms with Crippen molar-refractivity contribution in [2.24, 2.45) is 0 Å². The molecule has 0 saturated heterocycles. The van der Waals surface area contributed by atoms with E-state index in [0.717, 1.165) is 6.08 Å². The Morgan fingerprint density at radius 1 is 1.47 bits per heavy atom. The Labute approximate surface area is 88.5 Å². The summed E-state index contributed by atoms with van der Waals surface area (Å²) in [6, 6.07) is -0.374. The molecule has 88 valence electrons. The van der Waals surface area contributed by atoms with Crippen molar-refractivity contribution >= 4 is 6.09 Å². The summed E-state index contributed by atoms with van der Waals surface area (Å²) in [6.45, 7) is 6.83. The number of carbonyl (C=O) groups excluding carboxylic acids is 1. The lowest BCUT2D eigenvalue weighted by atomic mass is 10.2. The third-order valence-electron chi connectivity index (χ3n) is 1.39. The summed E-state index contributed by atoms with van der Waals surface area (Å²) in [4.78, 5) is 11.2. The van der Waals surface area contributed by atoms with E-state index in [4.69, 9.17) is 4.74 Å². The second kappa shape index (κ2) is 5.68. The minimum atomic E-state index is -1.74. The Hall–Kier alpha value is -1.13. The summed E-state index contributed by atoms with van der Waals surface area (Å²) < 4.78 is 28.4. The van der Waals surface area contributed by atoms with Gasteiger partial charge in [0.05, 0.1) is 0 Å². The van der Waals surface area contributed by atoms with Crippen molar-refractivity contribution in [3.05, 3.63) is 12.2 Å². The molecule has 1 atom stereocenters. The number of alkyl carbamates (subject to hydrolysis) is 1. The summed E-state index contributed by atoms with van der Waals surface area (Å²) >= 11 is 0. The highest BCUT2D eigenvalue weighted by atomic mass is 19.3. The molecule has 0 rings (SSSR count). The van der Waals surface area contributed by atoms with E-state index in [2.05, 4.69) is 5.32 Å². The Bertz CT molecular complexity index is 242. The van der Waals surface area contributed by atoms with Crippen LogP contribution in [0.5, 0.6) is 0 Å². The van der Waals surface area contributed by atoms with Crippen LogP contribution in [-0.2, 0) is 4.74 Å². The van der Waals surface area contributed by atoms with Gasteiger partial charge in [-0.05, 0) is 40.2 Å². The minimum absolute atomic E-state index is 0.0849. The van der Waals surface area contributed by atoms with Crippen LogP contribution in [0.3, 0.4) is 0 Å². The van der Waals surface area contributed by atoms with Crippen LogP contribution in [0.25, 0.3) is 0 Å². The lowest BCUT2D eigenvalue weighted by Crippen LogP contribution is -2.37. The van der Waals surface area contributed by atoms with E-state index < -0.39 is 17.8 Å². The smallest absolute Gasteiger partial charge is 0.407 e. The SMILES string of the molecule is C[C@@H](CC=C(F)F)NC(=O)OC(C)(C)C. The molecule has 5 heteroatoms. The van der Waals surface area contributed by atoms with Gasteiger partial charge in [-0.1, -0.05) is 0 Å². The molecular weight excluding hydrogens is 204 g/mol. The number of hydrogen-bond acceptors (Lipinski definition) is 2. The molecule has 0 bridgehead atoms. The second-order valence-electron chi connectivity index (χ2n) is 4.28. The van der Waals surface area contributed by atoms with Crippen molar-refractivity contribution < 1.29 is 18.3 Å². The van der Waals surface area contributed by atoms with Crippen LogP contribution in [0.4, 0.5) is 13.6 Å². The predicted octanol–water partition coefficient (Wildman–Crippen LogP) is 3.07. The second-order valence-corrected chi connectivity index (χ2v) is 4.28. The molecule has 0 heterocycles. The van der Waals surface area contributed by atoms with E-state index in [9.17, 15) is 13.6 Å². The molecular formula is C10H17F2NO2. The zero-order valence-electron chi connectivity index (χ0n) is 9.43. The average Bonchev–Trinajstić information content (AvgIpc) is 1.96. The first-order valence-corrected chi connectivity index (χ1v) is 4.71. The lowest BCUT2D eigenvalue weighted by Gasteiger charge is -2.21. The quantitative estimate of drug-likeness (QED) is 0.795. The van der Waals surface area contributed by atoms with E-state index in [1.165, 1.54) is 0 Å². The van der Waals surface area contributed by atoms with Crippen LogP contribution in [-0.4, -0.2) is 17.7 Å². The molecule has 0 aliphatic carbocycles. The monoisotopic (exact) mass is 221 g/mol. The van der Waals surface area contributed by atoms with Gasteiger partial charge in [0.2, 0.25) is 0 Å². The Morgan fingerprint density at radius 3 is 2.40 bits per heavy atom. The zero-order valence-corrected chi connectivity index (χ0v) is 9.43. The van der Waals surface area contributed by atoms with Crippen molar-refractivity contribution in [3.63, 3.8) is 0 Å². The third kappa shape index (κ3) is 9.18. The maximum atomic E-state index is 11.7. The largest absolute Gasteiger partial charge is 0.444 e. The number of ether oxygens (including phenoxy) is 1. The van der Waals surface area contributed by atoms with Crippen molar-refractivity contribution in [2.45, 2.75) is 45.8 Å². The molecule has 0 aliphatic rings. The molecule has 0 saturated carbocycles. The van der Waals surface area contributed by atoms with Crippen molar-refractivity contribution in [1.29, 1.82) is 0 Å². The molecule has 1 amide bonds. The van der Waals surface area contributed by atoms with Gasteiger partial charge in [-0.15, -0.1) is 0 Å². The van der Waals surface area contributed by atoms with Crippen LogP contribution < -0.4 is 5.32 Å². The van der Waals surface area contributed by atoms with E-state index in [1.807, 2.05) is 0 Å². The molecule has 0 spiro atoms. The topological polar surface area (TPSA) is 38.3 Å². The van der Waals surface area contributed by atoms with E-state index in [1.54, 1.807) is 27.7 Å². The minimum Gasteiger partial charge on any atom is -0.444 e. The number of hydrogen-bond donors (Lipinski definition) is 1. The Morgan fingerprint density at radius 2 is 2.00 bits per heavy atom. The van der Waals surface area contributed by atoms with E-state index in [-0.39, 0.29) is 12.5 Å². The fraction of sp³-hybridized carbons (Fsp3) is 0.700. The first-order valence-electron chi connectivity index (χ1n) is 4.71. The maximum Gasteiger partial charge on any atom is 0.407 e. The molecule has 0 aromatic heterocycles. The van der Waals surface area contributed by atoms with Crippen LogP contribution >= 0.6 is 0 Å². The molecule has 0 unspecified atom stereocenters. The normalized spacial score (nSPS) is 12.9. The standard InChI is InChI=1S/C10H17F2NO2/c1-7(5-6-8(11)12)13-9(14)15-10(2,3)4/h6-7H,5H2,1-4H3,(H,13,14)/t7-/m0/s1. The van der Waals surface area contributed by atoms with Gasteiger partial charge in [-0.2, -0.15) is 8.78 Å². The van der Waals surface area contributed by atoms with Gasteiger partial charge in [0.25, 0.3) is 6.08 Å². The first kappa shape index (κ1) is 13.9. The lowest BCUT2D eigenvalue weighted by molar-refractivity contribution is 0.0509. The Balaban J connectivity index is 3.92. The van der Waals surface area contributed by atoms with Crippen molar-refractivity contribution in [1.82, 2.24) is 5.32 Å². The molecule has 0 fully saturated rings. The molecule has 3 nitrogen and oxygen atoms in total. The van der Waals surface area contributed by atoms with E-state index >= 15 is 0 Å². The zero-order chi connectivity index (χ0) is 12.1. The van der Waals surface area contributed by atoms with Crippen LogP contribution in [0.2, 0.25) is 0 Å². The number of nitrogens with one attached hydrogen (secondary N) is 1. The molecule has 0 aromatic rings. The molecule has 15 heavy (non-hydrogen) atoms. The number of amides is 1. The van der Waals surface area contributed by atoms with Gasteiger partial charge in [0, 0.05) is 6.04 Å². The average molecular weight is 221 g/mol. The number of halogens is 2. The van der Waals surface area contributed by atoms with Gasteiger partial charge in [-0.25, -0.2) is 4.79 Å². The van der Waals surface area contributed by atoms with Crippen LogP contribution in [0, 0.1) is 0 Å². The fourth-order valence-corrected chi connectivity index (χ4v) is 0.834. The summed E-state index contributed by atoms with van der Waals surface area (Å²) in [5.41, 5.74) is -0.578. The summed E-state index contributed by atoms with van der Waals surface area (Å²) in [6.07, 6.45) is -1.49. The molecule has 0 aliphatic heterocycles. The van der Waals surface area contributed by atoms with Crippen molar-refractivity contribution in [2.75, 3.05) is 0 Å². The highest BCUT2D eigenvalue weighted by Crippen LogP contribution is 2.07. The number of carbonyl (C=O) groups is 1. The van der Waals surface area contributed by atoms with Crippen molar-refractivity contribution in [3.8, 4) is 0 Å². The molecule has 0 aromatic carbocycles. The Kier molecular flexibility index (Phi) is 5.25. The van der Waals surface area contributed by atoms with Gasteiger partial charge in [-0.3, -0.25) is 0 Å². The fourth-order valence-electron chi connectivity index (χ4n) is 0.834. The van der Waals surface area contributed by atoms with Crippen LogP contribution in [0.1, 0.15) is 34.1 Å². The first-order chi connectivity index (χ1) is 6.70. The predicted molar refractivity (Wildman–Crippen MR) is 53.7 cm³/mol. The highest BCUT2D eigenvalue weighted by Gasteiger charge is 2.17. The summed E-state index contributed by atoms with van der Waals surface area (Å²) in [7, 11) is 0. The molecule has 1 N–H and O–H groups in total. The summed E-state index contributed by atoms with van der Waals surface area (Å²) in [5.74, 6) is 0. The summed E-state index contributed by atoms with van der Waals surface area (Å²) in [5, 5.41) is 2.45. The third-order valence-corrected chi connectivity index (χ3v) is 1.39. The van der Waals surface area contributed by atoms with E-state index in [0.29, 0.717) is 0 Å². The van der Waals surface area contributed by atoms with Gasteiger partial charge < -0.3 is 10.1 Å². The maximum absolute atomic E-state index is 11.7. The molecule has 0 radical (unpaired) electrons. The van der Waals surface area contributed by atoms with Gasteiger partial charge in [0.15, 0.2) is 0 Å². The van der Waals surface area contributed by atoms with Crippen LogP contribution in [0.15, 0.2) is 12.2 Å². The number of rotatable bonds is 3.